The summed E-state index contributed by atoms with van der Waals surface area (Å²) < 4.78 is 5.33. The van der Waals surface area contributed by atoms with Gasteiger partial charge in [-0.2, -0.15) is 0 Å². The lowest BCUT2D eigenvalue weighted by atomic mass is 10.2. The average Bonchev–Trinajstić information content (AvgIpc) is 2.48. The molecular weight excluding hydrogens is 334 g/mol. The highest BCUT2D eigenvalue weighted by atomic mass is 79.9. The molecule has 1 N–H and O–H groups in total. The van der Waals surface area contributed by atoms with Crippen LogP contribution >= 0.6 is 15.9 Å². The molecule has 0 spiro atoms. The minimum atomic E-state index is -0.470. The minimum absolute atomic E-state index is 0.262. The first-order valence-electron chi connectivity index (χ1n) is 6.42. The summed E-state index contributed by atoms with van der Waals surface area (Å²) in [7, 11) is 1.34. The second-order valence-electron chi connectivity index (χ2n) is 4.59. The van der Waals surface area contributed by atoms with Gasteiger partial charge < -0.3 is 10.1 Å². The van der Waals surface area contributed by atoms with Crippen molar-refractivity contribution in [2.45, 2.75) is 20.4 Å². The maximum atomic E-state index is 11.7. The van der Waals surface area contributed by atoms with Gasteiger partial charge in [-0.25, -0.2) is 9.78 Å². The van der Waals surface area contributed by atoms with Crippen molar-refractivity contribution in [3.63, 3.8) is 0 Å². The third-order valence-electron chi connectivity index (χ3n) is 3.03. The molecule has 2 aromatic heterocycles. The van der Waals surface area contributed by atoms with Crippen LogP contribution in [0.3, 0.4) is 0 Å². The van der Waals surface area contributed by atoms with Gasteiger partial charge in [0.1, 0.15) is 0 Å². The molecule has 0 radical (unpaired) electrons. The van der Waals surface area contributed by atoms with E-state index in [0.717, 1.165) is 22.6 Å². The van der Waals surface area contributed by atoms with Crippen molar-refractivity contribution in [2.75, 3.05) is 12.4 Å². The van der Waals surface area contributed by atoms with Gasteiger partial charge in [0.2, 0.25) is 0 Å². The first-order chi connectivity index (χ1) is 10.0. The molecule has 0 saturated heterocycles. The van der Waals surface area contributed by atoms with Crippen LogP contribution in [0, 0.1) is 13.8 Å². The molecular formula is C15H16BrN3O2. The van der Waals surface area contributed by atoms with E-state index in [1.807, 2.05) is 32.0 Å². The van der Waals surface area contributed by atoms with E-state index < -0.39 is 5.97 Å². The molecule has 0 unspecified atom stereocenters. The molecule has 5 nitrogen and oxygen atoms in total. The van der Waals surface area contributed by atoms with Crippen LogP contribution in [0.1, 0.15) is 27.4 Å². The summed E-state index contributed by atoms with van der Waals surface area (Å²) in [6, 6.07) is 5.78. The number of esters is 1. The van der Waals surface area contributed by atoms with Crippen molar-refractivity contribution in [3.8, 4) is 0 Å². The zero-order valence-electron chi connectivity index (χ0n) is 12.1. The van der Waals surface area contributed by atoms with Crippen LogP contribution < -0.4 is 5.32 Å². The number of ether oxygens (including phenoxy) is 1. The Labute approximate surface area is 131 Å². The lowest BCUT2D eigenvalue weighted by Gasteiger charge is -2.12. The van der Waals surface area contributed by atoms with Gasteiger partial charge in [-0.15, -0.1) is 0 Å². The topological polar surface area (TPSA) is 64.1 Å². The Kier molecular flexibility index (Phi) is 4.90. The SMILES string of the molecule is COC(=O)c1nc(C)cc(NCc2ncccc2C)c1Br. The Balaban J connectivity index is 2.26. The van der Waals surface area contributed by atoms with Gasteiger partial charge in [0.25, 0.3) is 0 Å². The van der Waals surface area contributed by atoms with E-state index in [1.54, 1.807) is 6.20 Å². The summed E-state index contributed by atoms with van der Waals surface area (Å²) >= 11 is 3.40. The van der Waals surface area contributed by atoms with E-state index in [9.17, 15) is 4.79 Å². The largest absolute Gasteiger partial charge is 0.464 e. The molecule has 0 atom stereocenters. The highest BCUT2D eigenvalue weighted by Crippen LogP contribution is 2.27. The molecule has 0 bridgehead atoms. The van der Waals surface area contributed by atoms with Crippen molar-refractivity contribution in [1.82, 2.24) is 9.97 Å². The summed E-state index contributed by atoms with van der Waals surface area (Å²) in [5.41, 5.74) is 3.85. The maximum Gasteiger partial charge on any atom is 0.357 e. The Hall–Kier alpha value is -1.95. The van der Waals surface area contributed by atoms with Gasteiger partial charge in [0.05, 0.1) is 29.5 Å². The third kappa shape index (κ3) is 3.58. The van der Waals surface area contributed by atoms with Crippen LogP contribution in [0.15, 0.2) is 28.9 Å². The van der Waals surface area contributed by atoms with Gasteiger partial charge in [0.15, 0.2) is 5.69 Å². The number of hydrogen-bond donors (Lipinski definition) is 1. The zero-order valence-corrected chi connectivity index (χ0v) is 13.7. The fraction of sp³-hybridized carbons (Fsp3) is 0.267. The molecule has 21 heavy (non-hydrogen) atoms. The van der Waals surface area contributed by atoms with Crippen LogP contribution in [-0.4, -0.2) is 23.0 Å². The van der Waals surface area contributed by atoms with Crippen molar-refractivity contribution in [1.29, 1.82) is 0 Å². The van der Waals surface area contributed by atoms with Crippen LogP contribution in [0.5, 0.6) is 0 Å². The number of rotatable bonds is 4. The standard InChI is InChI=1S/C15H16BrN3O2/c1-9-5-4-6-17-12(9)8-18-11-7-10(2)19-14(13(11)16)15(20)21-3/h4-7H,8H2,1-3H3,(H,18,19). The second kappa shape index (κ2) is 6.67. The number of hydrogen-bond acceptors (Lipinski definition) is 5. The molecule has 0 saturated carbocycles. The van der Waals surface area contributed by atoms with Crippen molar-refractivity contribution in [2.24, 2.45) is 0 Å². The quantitative estimate of drug-likeness (QED) is 0.858. The first kappa shape index (κ1) is 15.4. The lowest BCUT2D eigenvalue weighted by molar-refractivity contribution is 0.0592. The molecule has 0 aliphatic rings. The van der Waals surface area contributed by atoms with E-state index in [2.05, 4.69) is 31.2 Å². The number of carbonyl (C=O) groups excluding carboxylic acids is 1. The van der Waals surface area contributed by atoms with E-state index in [0.29, 0.717) is 11.0 Å². The maximum absolute atomic E-state index is 11.7. The molecule has 0 aliphatic heterocycles. The third-order valence-corrected chi connectivity index (χ3v) is 3.83. The van der Waals surface area contributed by atoms with Crippen LogP contribution in [-0.2, 0) is 11.3 Å². The van der Waals surface area contributed by atoms with E-state index in [-0.39, 0.29) is 5.69 Å². The number of pyridine rings is 2. The lowest BCUT2D eigenvalue weighted by Crippen LogP contribution is -2.10. The van der Waals surface area contributed by atoms with Gasteiger partial charge in [-0.3, -0.25) is 4.98 Å². The second-order valence-corrected chi connectivity index (χ2v) is 5.38. The fourth-order valence-electron chi connectivity index (χ4n) is 1.90. The molecule has 2 heterocycles. The predicted octanol–water partition coefficient (Wildman–Crippen LogP) is 3.25. The number of nitrogens with one attached hydrogen (secondary N) is 1. The van der Waals surface area contributed by atoms with Crippen LogP contribution in [0.4, 0.5) is 5.69 Å². The fourth-order valence-corrected chi connectivity index (χ4v) is 2.41. The van der Waals surface area contributed by atoms with Crippen molar-refractivity contribution < 1.29 is 9.53 Å². The number of nitrogens with zero attached hydrogens (tertiary/aromatic N) is 2. The molecule has 6 heteroatoms. The number of aromatic nitrogens is 2. The summed E-state index contributed by atoms with van der Waals surface area (Å²) in [6.45, 7) is 4.40. The molecule has 0 amide bonds. The van der Waals surface area contributed by atoms with Gasteiger partial charge in [0, 0.05) is 11.9 Å². The molecule has 0 fully saturated rings. The Morgan fingerprint density at radius 1 is 1.43 bits per heavy atom. The summed E-state index contributed by atoms with van der Waals surface area (Å²) in [4.78, 5) is 20.2. The van der Waals surface area contributed by atoms with E-state index in [4.69, 9.17) is 4.74 Å². The van der Waals surface area contributed by atoms with Crippen molar-refractivity contribution >= 4 is 27.6 Å². The Bertz CT molecular complexity index is 674. The molecule has 0 aromatic carbocycles. The van der Waals surface area contributed by atoms with Crippen LogP contribution in [0.2, 0.25) is 0 Å². The van der Waals surface area contributed by atoms with Gasteiger partial charge in [-0.1, -0.05) is 6.07 Å². The number of aryl methyl sites for hydroxylation is 2. The number of halogens is 1. The summed E-state index contributed by atoms with van der Waals surface area (Å²) in [6.07, 6.45) is 1.76. The van der Waals surface area contributed by atoms with Gasteiger partial charge >= 0.3 is 5.97 Å². The molecule has 0 aliphatic carbocycles. The number of carbonyl (C=O) groups is 1. The molecule has 110 valence electrons. The van der Waals surface area contributed by atoms with Gasteiger partial charge in [-0.05, 0) is 47.5 Å². The highest BCUT2D eigenvalue weighted by molar-refractivity contribution is 9.10. The smallest absolute Gasteiger partial charge is 0.357 e. The average molecular weight is 350 g/mol. The normalized spacial score (nSPS) is 10.3. The summed E-state index contributed by atoms with van der Waals surface area (Å²) in [5, 5.41) is 3.27. The minimum Gasteiger partial charge on any atom is -0.464 e. The summed E-state index contributed by atoms with van der Waals surface area (Å²) in [5.74, 6) is -0.470. The van der Waals surface area contributed by atoms with Crippen molar-refractivity contribution in [3.05, 3.63) is 51.5 Å². The molecule has 2 rings (SSSR count). The zero-order chi connectivity index (χ0) is 15.4. The number of anilines is 1. The monoisotopic (exact) mass is 349 g/mol. The first-order valence-corrected chi connectivity index (χ1v) is 7.22. The number of methoxy groups -OCH3 is 1. The highest BCUT2D eigenvalue weighted by Gasteiger charge is 2.16. The molecule has 2 aromatic rings. The Morgan fingerprint density at radius 3 is 2.86 bits per heavy atom. The predicted molar refractivity (Wildman–Crippen MR) is 84.3 cm³/mol. The Morgan fingerprint density at radius 2 is 2.19 bits per heavy atom. The van der Waals surface area contributed by atoms with E-state index >= 15 is 0 Å². The van der Waals surface area contributed by atoms with Crippen LogP contribution in [0.25, 0.3) is 0 Å². The van der Waals surface area contributed by atoms with E-state index in [1.165, 1.54) is 7.11 Å².